The van der Waals surface area contributed by atoms with Gasteiger partial charge in [0.25, 0.3) is 0 Å². The number of nitriles is 1. The number of nitrogens with one attached hydrogen (secondary N) is 1. The summed E-state index contributed by atoms with van der Waals surface area (Å²) in [6.07, 6.45) is 1.97. The van der Waals surface area contributed by atoms with Gasteiger partial charge in [0, 0.05) is 23.2 Å². The van der Waals surface area contributed by atoms with Gasteiger partial charge in [-0.2, -0.15) is 5.26 Å². The second-order valence-electron chi connectivity index (χ2n) is 10.4. The number of fused-ring (bicyclic) bond motifs is 1. The molecule has 0 radical (unpaired) electrons. The van der Waals surface area contributed by atoms with Crippen LogP contribution in [0.15, 0.2) is 66.7 Å². The van der Waals surface area contributed by atoms with E-state index in [1.54, 1.807) is 31.2 Å². The van der Waals surface area contributed by atoms with E-state index in [-0.39, 0.29) is 24.8 Å². The highest BCUT2D eigenvalue weighted by molar-refractivity contribution is 5.96. The topological polar surface area (TPSA) is 94.7 Å². The lowest BCUT2D eigenvalue weighted by Gasteiger charge is -2.30. The lowest BCUT2D eigenvalue weighted by atomic mass is 9.92. The van der Waals surface area contributed by atoms with E-state index in [1.165, 1.54) is 12.1 Å². The van der Waals surface area contributed by atoms with Gasteiger partial charge in [-0.05, 0) is 73.7 Å². The van der Waals surface area contributed by atoms with Gasteiger partial charge in [0.2, 0.25) is 0 Å². The summed E-state index contributed by atoms with van der Waals surface area (Å²) in [5, 5.41) is 13.9. The Morgan fingerprint density at radius 2 is 1.93 bits per heavy atom. The van der Waals surface area contributed by atoms with E-state index in [2.05, 4.69) is 16.0 Å². The first-order valence-electron chi connectivity index (χ1n) is 13.7. The highest BCUT2D eigenvalue weighted by Crippen LogP contribution is 2.43. The number of aromatic nitrogens is 1. The number of benzene rings is 3. The average Bonchev–Trinajstić information content (AvgIpc) is 3.58. The fourth-order valence-corrected chi connectivity index (χ4v) is 5.28. The molecule has 210 valence electrons. The molecule has 2 aliphatic rings. The molecule has 8 nitrogen and oxygen atoms in total. The summed E-state index contributed by atoms with van der Waals surface area (Å²) in [6.45, 7) is 2.93. The standard InChI is InChI=1S/C32H30FN3O5/c1-20(21-5-9-23(33)10-6-21)41-32(37)35-24-11-7-22(8-12-24)31-29(16-34)28-14-13-26(39-18-27-17-38-19-40-27)15-30(28)36(31)25-3-2-4-25/h5-15,20,25,27H,2-4,17-19H2,1H3,(H,35,37)/t20-,27?/m1/s1. The first kappa shape index (κ1) is 26.8. The normalized spacial score (nSPS) is 17.5. The summed E-state index contributed by atoms with van der Waals surface area (Å²) in [4.78, 5) is 12.5. The number of anilines is 1. The van der Waals surface area contributed by atoms with Gasteiger partial charge in [-0.3, -0.25) is 5.32 Å². The SMILES string of the molecule is C[C@@H](OC(=O)Nc1ccc(-c2c(C#N)c3ccc(OCC4COCO4)cc3n2C2CCC2)cc1)c1ccc(F)cc1. The summed E-state index contributed by atoms with van der Waals surface area (Å²) in [5.41, 5.74) is 4.56. The Morgan fingerprint density at radius 3 is 2.59 bits per heavy atom. The van der Waals surface area contributed by atoms with Crippen LogP contribution in [0.2, 0.25) is 0 Å². The van der Waals surface area contributed by atoms with Gasteiger partial charge in [0.05, 0.1) is 23.4 Å². The van der Waals surface area contributed by atoms with Gasteiger partial charge in [-0.15, -0.1) is 0 Å². The van der Waals surface area contributed by atoms with E-state index < -0.39 is 12.2 Å². The van der Waals surface area contributed by atoms with E-state index in [1.807, 2.05) is 30.3 Å². The summed E-state index contributed by atoms with van der Waals surface area (Å²) in [7, 11) is 0. The number of carbonyl (C=O) groups is 1. The maximum absolute atomic E-state index is 13.2. The summed E-state index contributed by atoms with van der Waals surface area (Å²) < 4.78 is 37.7. The fourth-order valence-electron chi connectivity index (χ4n) is 5.28. The molecule has 1 aliphatic heterocycles. The molecular formula is C32H30FN3O5. The first-order chi connectivity index (χ1) is 20.0. The van der Waals surface area contributed by atoms with E-state index in [4.69, 9.17) is 18.9 Å². The zero-order valence-corrected chi connectivity index (χ0v) is 22.6. The number of amides is 1. The Labute approximate surface area is 237 Å². The molecule has 1 saturated heterocycles. The quantitative estimate of drug-likeness (QED) is 0.249. The number of ether oxygens (including phenoxy) is 4. The Morgan fingerprint density at radius 1 is 1.15 bits per heavy atom. The van der Waals surface area contributed by atoms with Crippen LogP contribution in [0.25, 0.3) is 22.2 Å². The van der Waals surface area contributed by atoms with E-state index >= 15 is 0 Å². The van der Waals surface area contributed by atoms with Gasteiger partial charge in [-0.1, -0.05) is 24.3 Å². The molecule has 2 atom stereocenters. The average molecular weight is 556 g/mol. The Hall–Kier alpha value is -4.39. The number of hydrogen-bond acceptors (Lipinski definition) is 6. The van der Waals surface area contributed by atoms with Gasteiger partial charge < -0.3 is 23.5 Å². The Kier molecular flexibility index (Phi) is 7.59. The molecular weight excluding hydrogens is 525 g/mol. The predicted octanol–water partition coefficient (Wildman–Crippen LogP) is 7.11. The molecule has 2 heterocycles. The highest BCUT2D eigenvalue weighted by atomic mass is 19.1. The molecule has 1 N–H and O–H groups in total. The molecule has 4 aromatic rings. The fraction of sp³-hybridized carbons (Fsp3) is 0.312. The van der Waals surface area contributed by atoms with Crippen molar-refractivity contribution in [2.45, 2.75) is 44.4 Å². The smallest absolute Gasteiger partial charge is 0.412 e. The van der Waals surface area contributed by atoms with Crippen molar-refractivity contribution >= 4 is 22.7 Å². The van der Waals surface area contributed by atoms with Crippen molar-refractivity contribution in [3.8, 4) is 23.1 Å². The minimum atomic E-state index is -0.613. The van der Waals surface area contributed by atoms with E-state index in [0.29, 0.717) is 30.0 Å². The number of halogens is 1. The molecule has 41 heavy (non-hydrogen) atoms. The van der Waals surface area contributed by atoms with Crippen molar-refractivity contribution in [1.82, 2.24) is 4.57 Å². The van der Waals surface area contributed by atoms with Crippen LogP contribution in [0, 0.1) is 17.1 Å². The predicted molar refractivity (Wildman–Crippen MR) is 151 cm³/mol. The monoisotopic (exact) mass is 555 g/mol. The van der Waals surface area contributed by atoms with Gasteiger partial charge in [0.1, 0.15) is 43.2 Å². The van der Waals surface area contributed by atoms with E-state index in [9.17, 15) is 14.4 Å². The third kappa shape index (κ3) is 5.62. The van der Waals surface area contributed by atoms with Crippen LogP contribution >= 0.6 is 0 Å². The molecule has 1 saturated carbocycles. The molecule has 1 unspecified atom stereocenters. The lowest BCUT2D eigenvalue weighted by molar-refractivity contribution is 0.0320. The third-order valence-corrected chi connectivity index (χ3v) is 7.68. The largest absolute Gasteiger partial charge is 0.491 e. The van der Waals surface area contributed by atoms with Gasteiger partial charge >= 0.3 is 6.09 Å². The van der Waals surface area contributed by atoms with Crippen molar-refractivity contribution in [2.75, 3.05) is 25.3 Å². The van der Waals surface area contributed by atoms with Crippen LogP contribution in [-0.2, 0) is 14.2 Å². The maximum Gasteiger partial charge on any atom is 0.412 e. The summed E-state index contributed by atoms with van der Waals surface area (Å²) in [5.74, 6) is 0.371. The molecule has 0 spiro atoms. The van der Waals surface area contributed by atoms with Gasteiger partial charge in [0.15, 0.2) is 0 Å². The van der Waals surface area contributed by atoms with E-state index in [0.717, 1.165) is 47.2 Å². The first-order valence-corrected chi connectivity index (χ1v) is 13.7. The Bertz CT molecular complexity index is 1580. The molecule has 9 heteroatoms. The molecule has 6 rings (SSSR count). The Balaban J connectivity index is 1.24. The van der Waals surface area contributed by atoms with Crippen molar-refractivity contribution < 1.29 is 28.1 Å². The number of carbonyl (C=O) groups excluding carboxylic acids is 1. The van der Waals surface area contributed by atoms with Crippen molar-refractivity contribution in [1.29, 1.82) is 5.26 Å². The van der Waals surface area contributed by atoms with Crippen LogP contribution in [-0.4, -0.2) is 36.8 Å². The molecule has 2 fully saturated rings. The van der Waals surface area contributed by atoms with Gasteiger partial charge in [-0.25, -0.2) is 9.18 Å². The molecule has 1 amide bonds. The zero-order valence-electron chi connectivity index (χ0n) is 22.6. The molecule has 3 aromatic carbocycles. The third-order valence-electron chi connectivity index (χ3n) is 7.68. The second kappa shape index (κ2) is 11.6. The number of nitrogens with zero attached hydrogens (tertiary/aromatic N) is 2. The van der Waals surface area contributed by atoms with Crippen LogP contribution in [0.3, 0.4) is 0 Å². The second-order valence-corrected chi connectivity index (χ2v) is 10.4. The highest BCUT2D eigenvalue weighted by Gasteiger charge is 2.28. The van der Waals surface area contributed by atoms with Crippen LogP contribution in [0.4, 0.5) is 14.9 Å². The van der Waals surface area contributed by atoms with Crippen molar-refractivity contribution in [3.05, 3.63) is 83.7 Å². The number of rotatable bonds is 8. The van der Waals surface area contributed by atoms with Crippen molar-refractivity contribution in [3.63, 3.8) is 0 Å². The summed E-state index contributed by atoms with van der Waals surface area (Å²) >= 11 is 0. The molecule has 0 bridgehead atoms. The maximum atomic E-state index is 13.2. The van der Waals surface area contributed by atoms with Crippen LogP contribution in [0.5, 0.6) is 5.75 Å². The lowest BCUT2D eigenvalue weighted by Crippen LogP contribution is -2.20. The minimum absolute atomic E-state index is 0.0927. The molecule has 1 aliphatic carbocycles. The molecule has 1 aromatic heterocycles. The number of hydrogen-bond donors (Lipinski definition) is 1. The summed E-state index contributed by atoms with van der Waals surface area (Å²) in [6, 6.07) is 21.8. The van der Waals surface area contributed by atoms with Crippen molar-refractivity contribution in [2.24, 2.45) is 0 Å². The minimum Gasteiger partial charge on any atom is -0.491 e. The van der Waals surface area contributed by atoms with Crippen LogP contribution < -0.4 is 10.1 Å². The zero-order chi connectivity index (χ0) is 28.3. The van der Waals surface area contributed by atoms with Crippen LogP contribution in [0.1, 0.15) is 49.5 Å².